The first-order valence-electron chi connectivity index (χ1n) is 6.04. The summed E-state index contributed by atoms with van der Waals surface area (Å²) >= 11 is 0. The summed E-state index contributed by atoms with van der Waals surface area (Å²) in [6, 6.07) is 0. The first-order valence-corrected chi connectivity index (χ1v) is 6.04. The summed E-state index contributed by atoms with van der Waals surface area (Å²) in [5, 5.41) is 3.15. The second-order valence-electron chi connectivity index (χ2n) is 4.03. The zero-order valence-corrected chi connectivity index (χ0v) is 9.78. The van der Waals surface area contributed by atoms with Crippen molar-refractivity contribution in [1.82, 2.24) is 5.32 Å². The summed E-state index contributed by atoms with van der Waals surface area (Å²) in [4.78, 5) is 0. The number of alkyl halides is 3. The molecular formula is C11H23F3N2. The number of unbranched alkanes of at least 4 members (excludes halogenated alkanes) is 4. The summed E-state index contributed by atoms with van der Waals surface area (Å²) in [6.07, 6.45) is 0.600. The van der Waals surface area contributed by atoms with Crippen LogP contribution in [0.5, 0.6) is 0 Å². The van der Waals surface area contributed by atoms with Gasteiger partial charge in [0, 0.05) is 6.42 Å². The van der Waals surface area contributed by atoms with E-state index in [0.29, 0.717) is 13.0 Å². The van der Waals surface area contributed by atoms with Gasteiger partial charge in [-0.3, -0.25) is 0 Å². The minimum absolute atomic E-state index is 0.226. The Morgan fingerprint density at radius 1 is 0.812 bits per heavy atom. The van der Waals surface area contributed by atoms with Gasteiger partial charge in [0.2, 0.25) is 0 Å². The lowest BCUT2D eigenvalue weighted by molar-refractivity contribution is -0.135. The average Bonchev–Trinajstić information content (AvgIpc) is 2.19. The number of halogens is 3. The Hall–Kier alpha value is -0.290. The number of nitrogens with two attached hydrogens (primary N) is 1. The van der Waals surface area contributed by atoms with E-state index in [9.17, 15) is 13.2 Å². The molecule has 16 heavy (non-hydrogen) atoms. The van der Waals surface area contributed by atoms with E-state index in [1.807, 2.05) is 0 Å². The fourth-order valence-electron chi connectivity index (χ4n) is 1.45. The van der Waals surface area contributed by atoms with Crippen molar-refractivity contribution in [2.45, 2.75) is 51.1 Å². The van der Waals surface area contributed by atoms with Crippen LogP contribution in [0.4, 0.5) is 13.2 Å². The molecule has 5 heteroatoms. The molecule has 0 aliphatic carbocycles. The minimum Gasteiger partial charge on any atom is -0.330 e. The van der Waals surface area contributed by atoms with Crippen molar-refractivity contribution >= 4 is 0 Å². The van der Waals surface area contributed by atoms with Crippen molar-refractivity contribution in [3.8, 4) is 0 Å². The molecule has 3 N–H and O–H groups in total. The van der Waals surface area contributed by atoms with E-state index in [4.69, 9.17) is 5.73 Å². The molecule has 0 fully saturated rings. The Labute approximate surface area is 95.8 Å². The van der Waals surface area contributed by atoms with Crippen LogP contribution in [-0.4, -0.2) is 25.8 Å². The highest BCUT2D eigenvalue weighted by Gasteiger charge is 2.25. The van der Waals surface area contributed by atoms with E-state index >= 15 is 0 Å². The Kier molecular flexibility index (Phi) is 9.72. The molecule has 0 saturated heterocycles. The molecule has 0 heterocycles. The van der Waals surface area contributed by atoms with Crippen molar-refractivity contribution in [3.63, 3.8) is 0 Å². The number of hydrogen-bond donors (Lipinski definition) is 2. The molecule has 0 unspecified atom stereocenters. The molecule has 0 saturated carbocycles. The van der Waals surface area contributed by atoms with Gasteiger partial charge in [0.05, 0.1) is 0 Å². The van der Waals surface area contributed by atoms with Crippen LogP contribution in [0.1, 0.15) is 44.9 Å². The maximum absolute atomic E-state index is 11.8. The quantitative estimate of drug-likeness (QED) is 0.576. The van der Waals surface area contributed by atoms with Crippen LogP contribution in [0.25, 0.3) is 0 Å². The van der Waals surface area contributed by atoms with E-state index in [-0.39, 0.29) is 6.42 Å². The predicted octanol–water partition coefficient (Wildman–Crippen LogP) is 2.83. The second kappa shape index (κ2) is 9.90. The first-order chi connectivity index (χ1) is 7.56. The van der Waals surface area contributed by atoms with E-state index in [2.05, 4.69) is 5.32 Å². The van der Waals surface area contributed by atoms with Crippen LogP contribution in [-0.2, 0) is 0 Å². The van der Waals surface area contributed by atoms with Crippen LogP contribution in [0, 0.1) is 0 Å². The van der Waals surface area contributed by atoms with Gasteiger partial charge in [-0.05, 0) is 45.3 Å². The lowest BCUT2D eigenvalue weighted by Crippen LogP contribution is -2.17. The maximum Gasteiger partial charge on any atom is 0.389 e. The lowest BCUT2D eigenvalue weighted by atomic mass is 10.2. The molecule has 0 aromatic carbocycles. The fourth-order valence-corrected chi connectivity index (χ4v) is 1.45. The minimum atomic E-state index is -4.00. The van der Waals surface area contributed by atoms with Gasteiger partial charge in [0.1, 0.15) is 0 Å². The zero-order valence-electron chi connectivity index (χ0n) is 9.78. The van der Waals surface area contributed by atoms with Gasteiger partial charge in [0.25, 0.3) is 0 Å². The topological polar surface area (TPSA) is 38.0 Å². The SMILES string of the molecule is NCCCCCCNCCCCC(F)(F)F. The highest BCUT2D eigenvalue weighted by molar-refractivity contribution is 4.54. The van der Waals surface area contributed by atoms with Gasteiger partial charge >= 0.3 is 6.18 Å². The van der Waals surface area contributed by atoms with E-state index in [1.54, 1.807) is 0 Å². The Morgan fingerprint density at radius 2 is 1.38 bits per heavy atom. The molecule has 0 rings (SSSR count). The molecule has 0 amide bonds. The Balaban J connectivity index is 2.99. The molecule has 98 valence electrons. The van der Waals surface area contributed by atoms with Crippen LogP contribution in [0.2, 0.25) is 0 Å². The normalized spacial score (nSPS) is 12.0. The molecule has 0 aromatic heterocycles. The van der Waals surface area contributed by atoms with Crippen molar-refractivity contribution in [2.24, 2.45) is 5.73 Å². The van der Waals surface area contributed by atoms with Crippen LogP contribution < -0.4 is 11.1 Å². The molecule has 0 atom stereocenters. The van der Waals surface area contributed by atoms with E-state index < -0.39 is 12.6 Å². The highest BCUT2D eigenvalue weighted by Crippen LogP contribution is 2.21. The maximum atomic E-state index is 11.8. The highest BCUT2D eigenvalue weighted by atomic mass is 19.4. The molecule has 0 bridgehead atoms. The molecule has 0 spiro atoms. The number of nitrogens with one attached hydrogen (secondary N) is 1. The summed E-state index contributed by atoms with van der Waals surface area (Å²) in [5.74, 6) is 0. The van der Waals surface area contributed by atoms with Gasteiger partial charge < -0.3 is 11.1 Å². The fraction of sp³-hybridized carbons (Fsp3) is 1.00. The van der Waals surface area contributed by atoms with Crippen LogP contribution in [0.15, 0.2) is 0 Å². The molecule has 0 radical (unpaired) electrons. The standard InChI is InChI=1S/C11H23F3N2/c12-11(13,14)7-3-6-10-16-9-5-2-1-4-8-15/h16H,1-10,15H2. The van der Waals surface area contributed by atoms with Gasteiger partial charge in [-0.25, -0.2) is 0 Å². The molecule has 0 aliphatic heterocycles. The summed E-state index contributed by atoms with van der Waals surface area (Å²) < 4.78 is 35.3. The van der Waals surface area contributed by atoms with Crippen LogP contribution >= 0.6 is 0 Å². The van der Waals surface area contributed by atoms with Gasteiger partial charge in [0.15, 0.2) is 0 Å². The largest absolute Gasteiger partial charge is 0.389 e. The monoisotopic (exact) mass is 240 g/mol. The second-order valence-corrected chi connectivity index (χ2v) is 4.03. The van der Waals surface area contributed by atoms with Crippen molar-refractivity contribution in [3.05, 3.63) is 0 Å². The molecule has 2 nitrogen and oxygen atoms in total. The third kappa shape index (κ3) is 13.7. The third-order valence-electron chi connectivity index (χ3n) is 2.37. The van der Waals surface area contributed by atoms with Crippen molar-refractivity contribution < 1.29 is 13.2 Å². The average molecular weight is 240 g/mol. The van der Waals surface area contributed by atoms with Crippen molar-refractivity contribution in [2.75, 3.05) is 19.6 Å². The predicted molar refractivity (Wildman–Crippen MR) is 60.3 cm³/mol. The van der Waals surface area contributed by atoms with E-state index in [1.165, 1.54) is 0 Å². The molecule has 0 aromatic rings. The third-order valence-corrected chi connectivity index (χ3v) is 2.37. The number of hydrogen-bond acceptors (Lipinski definition) is 2. The van der Waals surface area contributed by atoms with Gasteiger partial charge in [-0.2, -0.15) is 13.2 Å². The first kappa shape index (κ1) is 15.7. The zero-order chi connectivity index (χ0) is 12.3. The Morgan fingerprint density at radius 3 is 1.94 bits per heavy atom. The number of rotatable bonds is 10. The van der Waals surface area contributed by atoms with E-state index in [0.717, 1.165) is 38.8 Å². The lowest BCUT2D eigenvalue weighted by Gasteiger charge is -2.06. The summed E-state index contributed by atoms with van der Waals surface area (Å²) in [5.41, 5.74) is 5.35. The Bertz CT molecular complexity index is 149. The smallest absolute Gasteiger partial charge is 0.330 e. The molecule has 0 aliphatic rings. The van der Waals surface area contributed by atoms with Crippen LogP contribution in [0.3, 0.4) is 0 Å². The van der Waals surface area contributed by atoms with Gasteiger partial charge in [-0.1, -0.05) is 12.8 Å². The molecular weight excluding hydrogens is 217 g/mol. The summed E-state index contributed by atoms with van der Waals surface area (Å²) in [7, 11) is 0. The summed E-state index contributed by atoms with van der Waals surface area (Å²) in [6.45, 7) is 2.33. The van der Waals surface area contributed by atoms with Crippen molar-refractivity contribution in [1.29, 1.82) is 0 Å². The van der Waals surface area contributed by atoms with Gasteiger partial charge in [-0.15, -0.1) is 0 Å².